The summed E-state index contributed by atoms with van der Waals surface area (Å²) < 4.78 is 19.0. The van der Waals surface area contributed by atoms with Gasteiger partial charge in [0.2, 0.25) is 0 Å². The molecule has 4 nitrogen and oxygen atoms in total. The number of nitrogens with zero attached hydrogens (tertiary/aromatic N) is 1. The minimum absolute atomic E-state index is 0.268. The van der Waals surface area contributed by atoms with E-state index in [0.29, 0.717) is 6.04 Å². The summed E-state index contributed by atoms with van der Waals surface area (Å²) in [6, 6.07) is 0.483. The highest BCUT2D eigenvalue weighted by Gasteiger charge is 2.46. The lowest BCUT2D eigenvalue weighted by Crippen LogP contribution is -2.47. The van der Waals surface area contributed by atoms with Gasteiger partial charge in [0.25, 0.3) is 0 Å². The molecule has 0 unspecified atom stereocenters. The third-order valence-electron chi connectivity index (χ3n) is 2.89. The molecule has 3 saturated heterocycles. The van der Waals surface area contributed by atoms with Crippen LogP contribution < -0.4 is 0 Å². The quantitative estimate of drug-likeness (QED) is 0.429. The highest BCUT2D eigenvalue weighted by molar-refractivity contribution is 7.92. The molecule has 0 radical (unpaired) electrons. The van der Waals surface area contributed by atoms with Crippen molar-refractivity contribution in [1.29, 1.82) is 0 Å². The molecule has 0 aromatic heterocycles. The van der Waals surface area contributed by atoms with Gasteiger partial charge in [-0.2, -0.15) is 0 Å². The largest absolute Gasteiger partial charge is 0.347 e. The van der Waals surface area contributed by atoms with Crippen molar-refractivity contribution in [2.75, 3.05) is 26.4 Å². The summed E-state index contributed by atoms with van der Waals surface area (Å²) in [7, 11) is 0. The fourth-order valence-electron chi connectivity index (χ4n) is 2.20. The molecule has 3 heterocycles. The molecule has 0 bridgehead atoms. The molecule has 3 fully saturated rings. The number of hydrogen-bond acceptors (Lipinski definition) is 5. The predicted molar refractivity (Wildman–Crippen MR) is 47.9 cm³/mol. The predicted octanol–water partition coefficient (Wildman–Crippen LogP) is 0.787. The van der Waals surface area contributed by atoms with E-state index in [2.05, 4.69) is 4.31 Å². The Labute approximate surface area is 81.8 Å². The summed E-state index contributed by atoms with van der Waals surface area (Å²) in [5.41, 5.74) is 0. The average molecular weight is 203 g/mol. The van der Waals surface area contributed by atoms with E-state index in [4.69, 9.17) is 13.7 Å². The minimum atomic E-state index is -0.268. The van der Waals surface area contributed by atoms with Crippen molar-refractivity contribution < 1.29 is 13.7 Å². The Morgan fingerprint density at radius 1 is 1.31 bits per heavy atom. The summed E-state index contributed by atoms with van der Waals surface area (Å²) in [5, 5.41) is 0. The average Bonchev–Trinajstić information content (AvgIpc) is 2.74. The fourth-order valence-corrected chi connectivity index (χ4v) is 2.98. The fraction of sp³-hybridized carbons (Fsp3) is 1.00. The molecular formula is C8H13NO3S. The van der Waals surface area contributed by atoms with Gasteiger partial charge in [0.05, 0.1) is 38.1 Å². The van der Waals surface area contributed by atoms with Crippen molar-refractivity contribution in [3.63, 3.8) is 0 Å². The number of fused-ring (bicyclic) bond motifs is 1. The van der Waals surface area contributed by atoms with Gasteiger partial charge >= 0.3 is 0 Å². The first kappa shape index (κ1) is 8.49. The lowest BCUT2D eigenvalue weighted by atomic mass is 9.99. The van der Waals surface area contributed by atoms with Crippen LogP contribution in [0.1, 0.15) is 12.8 Å². The van der Waals surface area contributed by atoms with Crippen LogP contribution in [0.4, 0.5) is 0 Å². The molecule has 1 spiro atoms. The van der Waals surface area contributed by atoms with Gasteiger partial charge in [-0.25, -0.2) is 4.31 Å². The zero-order chi connectivity index (χ0) is 8.73. The molecular weight excluding hydrogens is 190 g/mol. The van der Waals surface area contributed by atoms with Crippen LogP contribution in [0.25, 0.3) is 0 Å². The molecule has 3 aliphatic heterocycles. The van der Waals surface area contributed by atoms with Gasteiger partial charge < -0.3 is 9.47 Å². The summed E-state index contributed by atoms with van der Waals surface area (Å²) >= 11 is 1.49. The molecule has 0 aromatic carbocycles. The van der Waals surface area contributed by atoms with Crippen molar-refractivity contribution >= 4 is 12.2 Å². The molecule has 0 aromatic rings. The third-order valence-corrected chi connectivity index (χ3v) is 3.80. The van der Waals surface area contributed by atoms with Crippen molar-refractivity contribution in [1.82, 2.24) is 4.31 Å². The van der Waals surface area contributed by atoms with Gasteiger partial charge in [-0.05, 0) is 0 Å². The molecule has 3 aliphatic rings. The van der Waals surface area contributed by atoms with E-state index in [1.165, 1.54) is 12.2 Å². The maximum Gasteiger partial charge on any atom is 0.171 e. The number of rotatable bonds is 0. The zero-order valence-corrected chi connectivity index (χ0v) is 8.22. The molecule has 0 saturated carbocycles. The Morgan fingerprint density at radius 3 is 3.00 bits per heavy atom. The van der Waals surface area contributed by atoms with Crippen molar-refractivity contribution in [2.24, 2.45) is 0 Å². The number of hydrogen-bond donors (Lipinski definition) is 0. The van der Waals surface area contributed by atoms with Gasteiger partial charge in [-0.15, -0.1) is 0 Å². The molecule has 0 aliphatic carbocycles. The summed E-state index contributed by atoms with van der Waals surface area (Å²) in [6.45, 7) is 3.32. The standard InChI is InChI=1S/C8H13NO3S/c1-2-9-7(6-12-13-9)5-8(1)10-3-4-11-8/h7H,1-6H2/t7-/m1/s1. The smallest absolute Gasteiger partial charge is 0.171 e. The van der Waals surface area contributed by atoms with Crippen molar-refractivity contribution in [3.8, 4) is 0 Å². The Balaban J connectivity index is 1.73. The topological polar surface area (TPSA) is 30.9 Å². The first-order valence-electron chi connectivity index (χ1n) is 4.72. The van der Waals surface area contributed by atoms with E-state index in [1.54, 1.807) is 0 Å². The molecule has 13 heavy (non-hydrogen) atoms. The molecule has 0 N–H and O–H groups in total. The van der Waals surface area contributed by atoms with Crippen LogP contribution in [0.2, 0.25) is 0 Å². The van der Waals surface area contributed by atoms with Gasteiger partial charge in [-0.3, -0.25) is 4.18 Å². The van der Waals surface area contributed by atoms with E-state index in [1.807, 2.05) is 0 Å². The van der Waals surface area contributed by atoms with Gasteiger partial charge in [0.15, 0.2) is 5.79 Å². The van der Waals surface area contributed by atoms with E-state index >= 15 is 0 Å². The lowest BCUT2D eigenvalue weighted by Gasteiger charge is -2.37. The van der Waals surface area contributed by atoms with Gasteiger partial charge in [0.1, 0.15) is 0 Å². The van der Waals surface area contributed by atoms with E-state index in [0.717, 1.165) is 39.2 Å². The Kier molecular flexibility index (Phi) is 2.03. The molecule has 3 rings (SSSR count). The summed E-state index contributed by atoms with van der Waals surface area (Å²) in [6.07, 6.45) is 1.93. The van der Waals surface area contributed by atoms with E-state index in [9.17, 15) is 0 Å². The first-order valence-corrected chi connectivity index (χ1v) is 5.42. The molecule has 1 atom stereocenters. The zero-order valence-electron chi connectivity index (χ0n) is 7.40. The van der Waals surface area contributed by atoms with Gasteiger partial charge in [0, 0.05) is 19.4 Å². The summed E-state index contributed by atoms with van der Waals surface area (Å²) in [5.74, 6) is -0.268. The maximum absolute atomic E-state index is 5.68. The molecule has 0 amide bonds. The molecule has 74 valence electrons. The molecule has 5 heteroatoms. The minimum Gasteiger partial charge on any atom is -0.347 e. The Morgan fingerprint density at radius 2 is 2.15 bits per heavy atom. The monoisotopic (exact) mass is 203 g/mol. The Bertz CT molecular complexity index is 208. The van der Waals surface area contributed by atoms with Crippen LogP contribution in [0.3, 0.4) is 0 Å². The van der Waals surface area contributed by atoms with Crippen LogP contribution in [0.15, 0.2) is 0 Å². The SMILES string of the molecule is C1COC2(CCN3SOC[C@H]3C2)O1. The highest BCUT2D eigenvalue weighted by atomic mass is 32.2. The van der Waals surface area contributed by atoms with Crippen LogP contribution in [0, 0.1) is 0 Å². The van der Waals surface area contributed by atoms with Crippen LogP contribution >= 0.6 is 12.2 Å². The normalized spacial score (nSPS) is 38.3. The first-order chi connectivity index (χ1) is 6.38. The Hall–Kier alpha value is 0.190. The maximum atomic E-state index is 5.68. The second-order valence-electron chi connectivity index (χ2n) is 3.72. The van der Waals surface area contributed by atoms with E-state index in [-0.39, 0.29) is 5.79 Å². The highest BCUT2D eigenvalue weighted by Crippen LogP contribution is 2.40. The number of ether oxygens (including phenoxy) is 2. The van der Waals surface area contributed by atoms with Gasteiger partial charge in [-0.1, -0.05) is 0 Å². The summed E-state index contributed by atoms with van der Waals surface area (Å²) in [4.78, 5) is 0. The van der Waals surface area contributed by atoms with Crippen LogP contribution in [-0.4, -0.2) is 42.5 Å². The second kappa shape index (κ2) is 3.10. The second-order valence-corrected chi connectivity index (χ2v) is 4.57. The van der Waals surface area contributed by atoms with Crippen molar-refractivity contribution in [3.05, 3.63) is 0 Å². The van der Waals surface area contributed by atoms with E-state index < -0.39 is 0 Å². The van der Waals surface area contributed by atoms with Crippen LogP contribution in [0.5, 0.6) is 0 Å². The lowest BCUT2D eigenvalue weighted by molar-refractivity contribution is -0.187. The number of piperidine rings is 1. The van der Waals surface area contributed by atoms with Crippen LogP contribution in [-0.2, 0) is 13.7 Å². The third kappa shape index (κ3) is 1.39. The van der Waals surface area contributed by atoms with Crippen molar-refractivity contribution in [2.45, 2.75) is 24.7 Å².